The number of ether oxygens (including phenoxy) is 1. The fraction of sp³-hybridized carbons (Fsp3) is 0.300. The number of hydrazine groups is 1. The molecule has 2 N–H and O–H groups in total. The number of methoxy groups -OCH3 is 1. The second-order valence-electron chi connectivity index (χ2n) is 6.91. The van der Waals surface area contributed by atoms with Crippen molar-refractivity contribution in [2.24, 2.45) is 0 Å². The zero-order valence-electron chi connectivity index (χ0n) is 16.1. The van der Waals surface area contributed by atoms with Gasteiger partial charge in [-0.3, -0.25) is 15.4 Å². The first-order valence-corrected chi connectivity index (χ1v) is 9.23. The molecular formula is C20H21F2N5O2. The number of aryl methyl sites for hydroxylation is 1. The first-order chi connectivity index (χ1) is 14.0. The summed E-state index contributed by atoms with van der Waals surface area (Å²) in [4.78, 5) is 12.9. The molecule has 9 heteroatoms. The van der Waals surface area contributed by atoms with Crippen LogP contribution < -0.4 is 21.3 Å². The van der Waals surface area contributed by atoms with Crippen molar-refractivity contribution >= 4 is 0 Å². The van der Waals surface area contributed by atoms with Crippen molar-refractivity contribution in [1.82, 2.24) is 25.2 Å². The number of aromatic nitrogens is 3. The normalized spacial score (nSPS) is 14.5. The predicted molar refractivity (Wildman–Crippen MR) is 103 cm³/mol. The van der Waals surface area contributed by atoms with E-state index in [2.05, 4.69) is 16.0 Å². The van der Waals surface area contributed by atoms with Crippen molar-refractivity contribution < 1.29 is 13.5 Å². The van der Waals surface area contributed by atoms with Crippen LogP contribution in [0.3, 0.4) is 0 Å². The van der Waals surface area contributed by atoms with Gasteiger partial charge in [0.15, 0.2) is 0 Å². The third-order valence-electron chi connectivity index (χ3n) is 5.15. The summed E-state index contributed by atoms with van der Waals surface area (Å²) in [5, 5.41) is 4.28. The van der Waals surface area contributed by atoms with Gasteiger partial charge in [-0.05, 0) is 30.7 Å². The topological polar surface area (TPSA) is 73.1 Å². The van der Waals surface area contributed by atoms with Crippen LogP contribution in [-0.4, -0.2) is 34.5 Å². The standard InChI is InChI=1S/C20H21F2N5O2/c1-12-25-27(20(28)26(12)11-16-17(21)4-3-5-18(16)22)14-6-7-15(19(8-14)29-2)13-9-23-24-10-13/h3-8,13,23-24H,9-11H2,1-2H3. The smallest absolute Gasteiger partial charge is 0.351 e. The Balaban J connectivity index is 1.72. The molecule has 1 aromatic heterocycles. The lowest BCUT2D eigenvalue weighted by Gasteiger charge is -2.14. The molecule has 0 amide bonds. The number of rotatable bonds is 5. The molecule has 7 nitrogen and oxygen atoms in total. The first-order valence-electron chi connectivity index (χ1n) is 9.23. The molecule has 0 saturated carbocycles. The molecule has 1 aliphatic heterocycles. The van der Waals surface area contributed by atoms with E-state index < -0.39 is 17.3 Å². The highest BCUT2D eigenvalue weighted by Crippen LogP contribution is 2.29. The van der Waals surface area contributed by atoms with E-state index in [4.69, 9.17) is 4.74 Å². The van der Waals surface area contributed by atoms with Gasteiger partial charge in [0.25, 0.3) is 0 Å². The number of halogens is 2. The molecule has 152 valence electrons. The van der Waals surface area contributed by atoms with Crippen LogP contribution in [0.5, 0.6) is 5.75 Å². The Bertz CT molecular complexity index is 1080. The van der Waals surface area contributed by atoms with Gasteiger partial charge in [0.05, 0.1) is 19.3 Å². The summed E-state index contributed by atoms with van der Waals surface area (Å²) in [5.41, 5.74) is 7.05. The van der Waals surface area contributed by atoms with Crippen LogP contribution in [0, 0.1) is 18.6 Å². The summed E-state index contributed by atoms with van der Waals surface area (Å²) in [7, 11) is 1.58. The van der Waals surface area contributed by atoms with Crippen LogP contribution in [0.25, 0.3) is 5.69 Å². The van der Waals surface area contributed by atoms with Crippen LogP contribution in [0.4, 0.5) is 8.78 Å². The molecule has 0 spiro atoms. The maximum absolute atomic E-state index is 14.0. The quantitative estimate of drug-likeness (QED) is 0.683. The molecule has 0 atom stereocenters. The molecule has 3 aromatic rings. The zero-order valence-corrected chi connectivity index (χ0v) is 16.1. The minimum Gasteiger partial charge on any atom is -0.496 e. The molecule has 0 radical (unpaired) electrons. The van der Waals surface area contributed by atoms with E-state index in [0.717, 1.165) is 18.7 Å². The van der Waals surface area contributed by atoms with Crippen LogP contribution in [-0.2, 0) is 6.54 Å². The number of hydrogen-bond donors (Lipinski definition) is 2. The van der Waals surface area contributed by atoms with Gasteiger partial charge >= 0.3 is 5.69 Å². The lowest BCUT2D eigenvalue weighted by molar-refractivity contribution is 0.406. The second-order valence-corrected chi connectivity index (χ2v) is 6.91. The molecule has 1 fully saturated rings. The van der Waals surface area contributed by atoms with Gasteiger partial charge in [-0.2, -0.15) is 9.78 Å². The molecule has 29 heavy (non-hydrogen) atoms. The van der Waals surface area contributed by atoms with Crippen molar-refractivity contribution in [3.63, 3.8) is 0 Å². The van der Waals surface area contributed by atoms with Crippen molar-refractivity contribution in [2.45, 2.75) is 19.4 Å². The Kier molecular flexibility index (Phi) is 5.16. The van der Waals surface area contributed by atoms with E-state index in [0.29, 0.717) is 17.3 Å². The van der Waals surface area contributed by atoms with Gasteiger partial charge in [-0.15, -0.1) is 0 Å². The maximum Gasteiger partial charge on any atom is 0.351 e. The minimum atomic E-state index is -0.700. The summed E-state index contributed by atoms with van der Waals surface area (Å²) in [6.07, 6.45) is 0. The summed E-state index contributed by atoms with van der Waals surface area (Å²) in [5.74, 6) is -0.149. The van der Waals surface area contributed by atoms with E-state index in [-0.39, 0.29) is 18.0 Å². The van der Waals surface area contributed by atoms with Gasteiger partial charge in [0.1, 0.15) is 23.2 Å². The number of hydrogen-bond acceptors (Lipinski definition) is 5. The number of nitrogens with one attached hydrogen (secondary N) is 2. The SMILES string of the molecule is COc1cc(-n2nc(C)n(Cc3c(F)cccc3F)c2=O)ccc1C1CNNC1. The van der Waals surface area contributed by atoms with Gasteiger partial charge < -0.3 is 4.74 Å². The third kappa shape index (κ3) is 3.54. The van der Waals surface area contributed by atoms with Crippen LogP contribution in [0.15, 0.2) is 41.2 Å². The van der Waals surface area contributed by atoms with Crippen molar-refractivity contribution in [3.8, 4) is 11.4 Å². The molecule has 0 bridgehead atoms. The average Bonchev–Trinajstić information content (AvgIpc) is 3.34. The molecular weight excluding hydrogens is 380 g/mol. The lowest BCUT2D eigenvalue weighted by Crippen LogP contribution is -2.25. The average molecular weight is 401 g/mol. The molecule has 1 aliphatic rings. The van der Waals surface area contributed by atoms with E-state index >= 15 is 0 Å². The molecule has 0 unspecified atom stereocenters. The molecule has 0 aliphatic carbocycles. The Morgan fingerprint density at radius 2 is 1.86 bits per heavy atom. The number of nitrogens with zero attached hydrogens (tertiary/aromatic N) is 3. The molecule has 2 heterocycles. The van der Waals surface area contributed by atoms with Gasteiger partial charge in [-0.1, -0.05) is 12.1 Å². The van der Waals surface area contributed by atoms with E-state index in [9.17, 15) is 13.6 Å². The highest BCUT2D eigenvalue weighted by molar-refractivity contribution is 5.46. The summed E-state index contributed by atoms with van der Waals surface area (Å²) < 4.78 is 36.0. The Morgan fingerprint density at radius 1 is 1.17 bits per heavy atom. The van der Waals surface area contributed by atoms with Gasteiger partial charge in [-0.25, -0.2) is 13.6 Å². The lowest BCUT2D eigenvalue weighted by atomic mass is 9.99. The van der Waals surface area contributed by atoms with Crippen molar-refractivity contribution in [3.05, 3.63) is 75.5 Å². The predicted octanol–water partition coefficient (Wildman–Crippen LogP) is 1.87. The maximum atomic E-state index is 14.0. The third-order valence-corrected chi connectivity index (χ3v) is 5.15. The summed E-state index contributed by atoms with van der Waals surface area (Å²) in [6.45, 7) is 2.94. The highest BCUT2D eigenvalue weighted by atomic mass is 19.1. The molecule has 2 aromatic carbocycles. The molecule has 4 rings (SSSR count). The summed E-state index contributed by atoms with van der Waals surface area (Å²) >= 11 is 0. The fourth-order valence-corrected chi connectivity index (χ4v) is 3.54. The van der Waals surface area contributed by atoms with E-state index in [1.807, 2.05) is 6.07 Å². The van der Waals surface area contributed by atoms with E-state index in [1.165, 1.54) is 27.4 Å². The Hall–Kier alpha value is -3.04. The fourth-order valence-electron chi connectivity index (χ4n) is 3.54. The highest BCUT2D eigenvalue weighted by Gasteiger charge is 2.22. The van der Waals surface area contributed by atoms with Crippen LogP contribution >= 0.6 is 0 Å². The molecule has 1 saturated heterocycles. The van der Waals surface area contributed by atoms with Crippen molar-refractivity contribution in [2.75, 3.05) is 20.2 Å². The van der Waals surface area contributed by atoms with Crippen molar-refractivity contribution in [1.29, 1.82) is 0 Å². The Labute approximate surface area is 165 Å². The second kappa shape index (κ2) is 7.76. The summed E-state index contributed by atoms with van der Waals surface area (Å²) in [6, 6.07) is 9.06. The first kappa shape index (κ1) is 19.3. The Morgan fingerprint density at radius 3 is 2.52 bits per heavy atom. The monoisotopic (exact) mass is 401 g/mol. The van der Waals surface area contributed by atoms with Gasteiger partial charge in [0.2, 0.25) is 0 Å². The van der Waals surface area contributed by atoms with Crippen LogP contribution in [0.2, 0.25) is 0 Å². The minimum absolute atomic E-state index is 0.175. The largest absolute Gasteiger partial charge is 0.496 e. The van der Waals surface area contributed by atoms with Gasteiger partial charge in [0, 0.05) is 30.6 Å². The van der Waals surface area contributed by atoms with Crippen LogP contribution in [0.1, 0.15) is 22.9 Å². The van der Waals surface area contributed by atoms with E-state index in [1.54, 1.807) is 26.2 Å². The number of benzene rings is 2. The zero-order chi connectivity index (χ0) is 20.5.